The summed E-state index contributed by atoms with van der Waals surface area (Å²) in [5.74, 6) is 0.414. The molecule has 0 amide bonds. The van der Waals surface area contributed by atoms with Gasteiger partial charge in [0.05, 0.1) is 11.7 Å². The van der Waals surface area contributed by atoms with Crippen molar-refractivity contribution in [3.8, 4) is 17.0 Å². The zero-order valence-electron chi connectivity index (χ0n) is 24.8. The molecule has 210 valence electrons. The van der Waals surface area contributed by atoms with Crippen molar-refractivity contribution in [3.05, 3.63) is 105 Å². The van der Waals surface area contributed by atoms with Crippen molar-refractivity contribution in [2.75, 3.05) is 19.6 Å². The van der Waals surface area contributed by atoms with Gasteiger partial charge in [-0.05, 0) is 34.1 Å². The maximum Gasteiger partial charge on any atom is 0.123 e. The highest BCUT2D eigenvalue weighted by Gasteiger charge is 2.32. The number of hydrogen-bond acceptors (Lipinski definition) is 5. The van der Waals surface area contributed by atoms with Crippen molar-refractivity contribution in [2.24, 2.45) is 0 Å². The second kappa shape index (κ2) is 11.5. The Labute approximate surface area is 244 Å². The highest BCUT2D eigenvalue weighted by atomic mass is 32.1. The molecular weight excluding hydrogens is 510 g/mol. The summed E-state index contributed by atoms with van der Waals surface area (Å²) in [6, 6.07) is 26.1. The third kappa shape index (κ3) is 6.49. The highest BCUT2D eigenvalue weighted by Crippen LogP contribution is 2.42. The van der Waals surface area contributed by atoms with Crippen LogP contribution >= 0.6 is 11.3 Å². The molecule has 0 bridgehead atoms. The summed E-state index contributed by atoms with van der Waals surface area (Å²) in [6.45, 7) is 17.8. The predicted molar refractivity (Wildman–Crippen MR) is 168 cm³/mol. The minimum Gasteiger partial charge on any atom is -0.507 e. The SMILES string of the molecule is CC(C)(C)c1cc(-c2csc(C3CN(Cc4ccccc4)CCN3Cc3ccccc3)n2)cc(C(C)(C)C)c1O. The van der Waals surface area contributed by atoms with Crippen molar-refractivity contribution in [3.63, 3.8) is 0 Å². The van der Waals surface area contributed by atoms with Crippen molar-refractivity contribution >= 4 is 11.3 Å². The summed E-state index contributed by atoms with van der Waals surface area (Å²) in [4.78, 5) is 10.4. The maximum absolute atomic E-state index is 11.2. The number of rotatable bonds is 6. The number of piperazine rings is 1. The fourth-order valence-electron chi connectivity index (χ4n) is 5.60. The zero-order valence-corrected chi connectivity index (χ0v) is 25.6. The number of nitrogens with zero attached hydrogens (tertiary/aromatic N) is 3. The topological polar surface area (TPSA) is 39.6 Å². The van der Waals surface area contributed by atoms with Gasteiger partial charge < -0.3 is 5.11 Å². The summed E-state index contributed by atoms with van der Waals surface area (Å²) < 4.78 is 0. The van der Waals surface area contributed by atoms with E-state index in [0.29, 0.717) is 5.75 Å². The van der Waals surface area contributed by atoms with Crippen LogP contribution in [-0.4, -0.2) is 39.5 Å². The fraction of sp³-hybridized carbons (Fsp3) is 0.400. The first-order valence-corrected chi connectivity index (χ1v) is 15.2. The highest BCUT2D eigenvalue weighted by molar-refractivity contribution is 7.10. The molecule has 1 aromatic heterocycles. The van der Waals surface area contributed by atoms with Gasteiger partial charge in [0.15, 0.2) is 0 Å². The first-order chi connectivity index (χ1) is 19.0. The van der Waals surface area contributed by atoms with E-state index in [9.17, 15) is 5.11 Å². The monoisotopic (exact) mass is 553 g/mol. The summed E-state index contributed by atoms with van der Waals surface area (Å²) in [7, 11) is 0. The normalized spacial score (nSPS) is 17.3. The lowest BCUT2D eigenvalue weighted by Crippen LogP contribution is -2.47. The smallest absolute Gasteiger partial charge is 0.123 e. The maximum atomic E-state index is 11.2. The Bertz CT molecular complexity index is 1380. The first-order valence-electron chi connectivity index (χ1n) is 14.4. The van der Waals surface area contributed by atoms with E-state index in [4.69, 9.17) is 4.98 Å². The lowest BCUT2D eigenvalue weighted by atomic mass is 9.78. The molecule has 5 rings (SSSR count). The van der Waals surface area contributed by atoms with Crippen molar-refractivity contribution in [1.82, 2.24) is 14.8 Å². The van der Waals surface area contributed by atoms with Crippen LogP contribution in [0, 0.1) is 0 Å². The molecular formula is C35H43N3OS. The molecule has 1 aliphatic rings. The van der Waals surface area contributed by atoms with Crippen molar-refractivity contribution in [2.45, 2.75) is 71.5 Å². The predicted octanol–water partition coefficient (Wildman–Crippen LogP) is 8.17. The van der Waals surface area contributed by atoms with Crippen molar-refractivity contribution in [1.29, 1.82) is 0 Å². The fourth-order valence-corrected chi connectivity index (χ4v) is 6.56. The molecule has 2 heterocycles. The van der Waals surface area contributed by atoms with Crippen LogP contribution in [0.15, 0.2) is 78.2 Å². The summed E-state index contributed by atoms with van der Waals surface area (Å²) in [5.41, 5.74) is 6.37. The van der Waals surface area contributed by atoms with Gasteiger partial charge in [0.1, 0.15) is 10.8 Å². The van der Waals surface area contributed by atoms with E-state index >= 15 is 0 Å². The van der Waals surface area contributed by atoms with E-state index in [2.05, 4.69) is 130 Å². The van der Waals surface area contributed by atoms with Gasteiger partial charge in [-0.1, -0.05) is 102 Å². The summed E-state index contributed by atoms with van der Waals surface area (Å²) >= 11 is 1.76. The Hall–Kier alpha value is -2.99. The van der Waals surface area contributed by atoms with E-state index in [1.807, 2.05) is 0 Å². The van der Waals surface area contributed by atoms with Gasteiger partial charge in [-0.15, -0.1) is 11.3 Å². The Morgan fingerprint density at radius 1 is 0.800 bits per heavy atom. The largest absolute Gasteiger partial charge is 0.507 e. The molecule has 0 aliphatic carbocycles. The van der Waals surface area contributed by atoms with Crippen LogP contribution < -0.4 is 0 Å². The summed E-state index contributed by atoms with van der Waals surface area (Å²) in [6.07, 6.45) is 0. The third-order valence-electron chi connectivity index (χ3n) is 7.88. The van der Waals surface area contributed by atoms with Crippen LogP contribution in [-0.2, 0) is 23.9 Å². The van der Waals surface area contributed by atoms with Gasteiger partial charge in [0.25, 0.3) is 0 Å². The second-order valence-electron chi connectivity index (χ2n) is 13.2. The van der Waals surface area contributed by atoms with Crippen LogP contribution in [0.2, 0.25) is 0 Å². The van der Waals surface area contributed by atoms with Crippen molar-refractivity contribution < 1.29 is 5.11 Å². The second-order valence-corrected chi connectivity index (χ2v) is 14.1. The lowest BCUT2D eigenvalue weighted by molar-refractivity contribution is 0.0635. The Morgan fingerprint density at radius 3 is 1.90 bits per heavy atom. The molecule has 5 heteroatoms. The molecule has 1 fully saturated rings. The zero-order chi connectivity index (χ0) is 28.5. The average Bonchev–Trinajstić information content (AvgIpc) is 3.40. The average molecular weight is 554 g/mol. The molecule has 0 spiro atoms. The van der Waals surface area contributed by atoms with Gasteiger partial charge in [0.2, 0.25) is 0 Å². The third-order valence-corrected chi connectivity index (χ3v) is 8.83. The molecule has 40 heavy (non-hydrogen) atoms. The molecule has 4 aromatic rings. The Morgan fingerprint density at radius 2 is 1.35 bits per heavy atom. The van der Waals surface area contributed by atoms with Gasteiger partial charge in [-0.25, -0.2) is 4.98 Å². The van der Waals surface area contributed by atoms with Crippen LogP contribution in [0.5, 0.6) is 5.75 Å². The molecule has 1 aliphatic heterocycles. The Kier molecular flexibility index (Phi) is 8.19. The number of aromatic nitrogens is 1. The molecule has 0 saturated carbocycles. The molecule has 1 atom stereocenters. The Balaban J connectivity index is 1.49. The van der Waals surface area contributed by atoms with E-state index in [1.165, 1.54) is 11.1 Å². The van der Waals surface area contributed by atoms with Crippen LogP contribution in [0.1, 0.15) is 74.8 Å². The molecule has 4 nitrogen and oxygen atoms in total. The molecule has 0 radical (unpaired) electrons. The molecule has 1 N–H and O–H groups in total. The number of phenolic OH excluding ortho intramolecular Hbond substituents is 1. The summed E-state index contributed by atoms with van der Waals surface area (Å²) in [5, 5.41) is 14.6. The van der Waals surface area contributed by atoms with Crippen LogP contribution in [0.4, 0.5) is 0 Å². The standard InChI is InChI=1S/C35H43N3OS/c1-34(2,3)28-19-27(20-29(32(28)39)35(4,5)6)30-24-40-33(36-30)31-23-37(21-25-13-9-7-10-14-25)17-18-38(31)22-26-15-11-8-12-16-26/h7-16,19-20,24,31,39H,17-18,21-23H2,1-6H3. The van der Waals surface area contributed by atoms with E-state index in [1.54, 1.807) is 11.3 Å². The molecule has 1 saturated heterocycles. The minimum absolute atomic E-state index is 0.174. The molecule has 1 unspecified atom stereocenters. The quantitative estimate of drug-likeness (QED) is 0.261. The first kappa shape index (κ1) is 28.5. The van der Waals surface area contributed by atoms with Crippen LogP contribution in [0.25, 0.3) is 11.3 Å². The number of thiazole rings is 1. The lowest BCUT2D eigenvalue weighted by Gasteiger charge is -2.40. The van der Waals surface area contributed by atoms with Gasteiger partial charge in [-0.3, -0.25) is 9.80 Å². The minimum atomic E-state index is -0.174. The number of aromatic hydroxyl groups is 1. The van der Waals surface area contributed by atoms with Gasteiger partial charge in [-0.2, -0.15) is 0 Å². The van der Waals surface area contributed by atoms with Gasteiger partial charge >= 0.3 is 0 Å². The number of benzene rings is 3. The van der Waals surface area contributed by atoms with E-state index in [-0.39, 0.29) is 16.9 Å². The number of hydrogen-bond donors (Lipinski definition) is 1. The van der Waals surface area contributed by atoms with E-state index in [0.717, 1.165) is 60.1 Å². The van der Waals surface area contributed by atoms with Gasteiger partial charge in [0, 0.05) is 54.8 Å². The number of phenols is 1. The molecule has 3 aromatic carbocycles. The van der Waals surface area contributed by atoms with E-state index < -0.39 is 0 Å². The van der Waals surface area contributed by atoms with Crippen LogP contribution in [0.3, 0.4) is 0 Å².